The van der Waals surface area contributed by atoms with E-state index < -0.39 is 17.5 Å². The van der Waals surface area contributed by atoms with Gasteiger partial charge in [-0.05, 0) is 36.5 Å². The fourth-order valence-corrected chi connectivity index (χ4v) is 2.75. The van der Waals surface area contributed by atoms with Crippen LogP contribution >= 0.6 is 11.6 Å². The number of halogens is 4. The predicted octanol–water partition coefficient (Wildman–Crippen LogP) is 2.53. The summed E-state index contributed by atoms with van der Waals surface area (Å²) in [5.41, 5.74) is -2.78. The van der Waals surface area contributed by atoms with Gasteiger partial charge in [-0.25, -0.2) is 4.98 Å². The molecule has 1 aliphatic carbocycles. The third kappa shape index (κ3) is 2.46. The van der Waals surface area contributed by atoms with E-state index in [4.69, 9.17) is 11.6 Å². The molecule has 3 rings (SSSR count). The Kier molecular flexibility index (Phi) is 3.41. The molecule has 1 aliphatic rings. The van der Waals surface area contributed by atoms with Crippen LogP contribution in [0.2, 0.25) is 5.15 Å². The molecule has 5 nitrogen and oxygen atoms in total. The molecular weight excluding hydrogens is 321 g/mol. The van der Waals surface area contributed by atoms with Crippen molar-refractivity contribution >= 4 is 11.6 Å². The number of aryl methyl sites for hydroxylation is 1. The first kappa shape index (κ1) is 15.2. The van der Waals surface area contributed by atoms with Gasteiger partial charge >= 0.3 is 6.18 Å². The van der Waals surface area contributed by atoms with E-state index in [1.54, 1.807) is 7.05 Å². The molecule has 0 radical (unpaired) electrons. The summed E-state index contributed by atoms with van der Waals surface area (Å²) in [6.45, 7) is 0. The van der Waals surface area contributed by atoms with Crippen molar-refractivity contribution < 1.29 is 18.3 Å². The zero-order valence-corrected chi connectivity index (χ0v) is 12.2. The first-order valence-electron chi connectivity index (χ1n) is 6.55. The topological polar surface area (TPSA) is 63.8 Å². The third-order valence-electron chi connectivity index (χ3n) is 3.75. The molecule has 0 saturated heterocycles. The van der Waals surface area contributed by atoms with Crippen molar-refractivity contribution in [1.29, 1.82) is 0 Å². The van der Waals surface area contributed by atoms with Gasteiger partial charge in [0.2, 0.25) is 0 Å². The van der Waals surface area contributed by atoms with Crippen molar-refractivity contribution in [2.24, 2.45) is 13.0 Å². The molecule has 118 valence electrons. The van der Waals surface area contributed by atoms with Crippen LogP contribution in [0, 0.1) is 5.92 Å². The van der Waals surface area contributed by atoms with Crippen LogP contribution in [0.1, 0.15) is 29.9 Å². The minimum Gasteiger partial charge on any atom is -0.377 e. The van der Waals surface area contributed by atoms with Gasteiger partial charge in [0.05, 0.1) is 0 Å². The number of hydrogen-bond acceptors (Lipinski definition) is 4. The molecule has 1 atom stereocenters. The predicted molar refractivity (Wildman–Crippen MR) is 71.0 cm³/mol. The molecule has 2 aromatic rings. The lowest BCUT2D eigenvalue weighted by molar-refractivity contribution is -0.141. The van der Waals surface area contributed by atoms with Crippen LogP contribution in [-0.4, -0.2) is 24.9 Å². The molecule has 22 heavy (non-hydrogen) atoms. The molecule has 1 N–H and O–H groups in total. The van der Waals surface area contributed by atoms with E-state index in [9.17, 15) is 18.3 Å². The molecule has 0 bridgehead atoms. The number of hydrogen-bond donors (Lipinski definition) is 1. The van der Waals surface area contributed by atoms with Crippen molar-refractivity contribution in [3.8, 4) is 0 Å². The second kappa shape index (κ2) is 4.92. The zero-order valence-electron chi connectivity index (χ0n) is 11.5. The molecule has 9 heteroatoms. The lowest BCUT2D eigenvalue weighted by Crippen LogP contribution is -2.33. The summed E-state index contributed by atoms with van der Waals surface area (Å²) in [4.78, 5) is 3.29. The molecule has 1 fully saturated rings. The fraction of sp³-hybridized carbons (Fsp3) is 0.462. The Bertz CT molecular complexity index is 714. The Hall–Kier alpha value is -1.67. The second-order valence-electron chi connectivity index (χ2n) is 5.37. The van der Waals surface area contributed by atoms with Crippen LogP contribution < -0.4 is 0 Å². The number of pyridine rings is 1. The first-order chi connectivity index (χ1) is 10.2. The van der Waals surface area contributed by atoms with Crippen LogP contribution in [0.4, 0.5) is 13.2 Å². The largest absolute Gasteiger partial charge is 0.433 e. The number of nitrogens with zero attached hydrogens (tertiary/aromatic N) is 4. The summed E-state index contributed by atoms with van der Waals surface area (Å²) in [7, 11) is 1.62. The van der Waals surface area contributed by atoms with E-state index in [2.05, 4.69) is 15.2 Å². The van der Waals surface area contributed by atoms with Gasteiger partial charge in [-0.3, -0.25) is 0 Å². The Morgan fingerprint density at radius 3 is 2.50 bits per heavy atom. The van der Waals surface area contributed by atoms with Gasteiger partial charge in [0.1, 0.15) is 17.2 Å². The fourth-order valence-electron chi connectivity index (χ4n) is 2.54. The van der Waals surface area contributed by atoms with Gasteiger partial charge in [0.15, 0.2) is 11.4 Å². The lowest BCUT2D eigenvalue weighted by atomic mass is 9.88. The zero-order chi connectivity index (χ0) is 16.1. The normalized spacial score (nSPS) is 18.3. The molecule has 2 heterocycles. The number of alkyl halides is 3. The minimum absolute atomic E-state index is 0.0263. The first-order valence-corrected chi connectivity index (χ1v) is 6.93. The average Bonchev–Trinajstić information content (AvgIpc) is 3.19. The summed E-state index contributed by atoms with van der Waals surface area (Å²) in [5.74, 6) is -0.0414. The Balaban J connectivity index is 2.18. The number of aliphatic hydroxyl groups is 1. The SMILES string of the molecule is Cn1cnnc1C(O)(c1cc(Cl)nc(C(F)(F)F)c1)C1CC1. The van der Waals surface area contributed by atoms with Crippen molar-refractivity contribution in [2.45, 2.75) is 24.6 Å². The second-order valence-corrected chi connectivity index (χ2v) is 5.75. The third-order valence-corrected chi connectivity index (χ3v) is 3.94. The smallest absolute Gasteiger partial charge is 0.377 e. The van der Waals surface area contributed by atoms with Gasteiger partial charge in [0, 0.05) is 7.05 Å². The monoisotopic (exact) mass is 332 g/mol. The highest BCUT2D eigenvalue weighted by molar-refractivity contribution is 6.29. The van der Waals surface area contributed by atoms with Gasteiger partial charge in [0.25, 0.3) is 0 Å². The molecule has 1 unspecified atom stereocenters. The van der Waals surface area contributed by atoms with E-state index >= 15 is 0 Å². The molecular formula is C13H12ClF3N4O. The lowest BCUT2D eigenvalue weighted by Gasteiger charge is -2.28. The van der Waals surface area contributed by atoms with Crippen LogP contribution in [0.25, 0.3) is 0 Å². The Labute approximate surface area is 128 Å². The van der Waals surface area contributed by atoms with Crippen LogP contribution in [0.3, 0.4) is 0 Å². The molecule has 1 saturated carbocycles. The van der Waals surface area contributed by atoms with Crippen molar-refractivity contribution in [2.75, 3.05) is 0 Å². The summed E-state index contributed by atoms with van der Waals surface area (Å²) in [6, 6.07) is 2.06. The van der Waals surface area contributed by atoms with E-state index in [1.807, 2.05) is 0 Å². The standard InChI is InChI=1S/C13H12ClF3N4O/c1-21-6-18-20-11(21)12(22,7-2-3-7)8-4-9(13(15,16)17)19-10(14)5-8/h4-7,22H,2-3H2,1H3. The highest BCUT2D eigenvalue weighted by Crippen LogP contribution is 2.49. The summed E-state index contributed by atoms with van der Waals surface area (Å²) in [5, 5.41) is 18.3. The Morgan fingerprint density at radius 1 is 1.32 bits per heavy atom. The van der Waals surface area contributed by atoms with Crippen molar-refractivity contribution in [3.05, 3.63) is 40.7 Å². The molecule has 0 amide bonds. The maximum absolute atomic E-state index is 12.9. The van der Waals surface area contributed by atoms with Gasteiger partial charge in [-0.15, -0.1) is 10.2 Å². The summed E-state index contributed by atoms with van der Waals surface area (Å²) < 4.78 is 40.3. The van der Waals surface area contributed by atoms with E-state index in [0.29, 0.717) is 12.8 Å². The Morgan fingerprint density at radius 2 is 2.00 bits per heavy atom. The molecule has 0 spiro atoms. The van der Waals surface area contributed by atoms with E-state index in [1.165, 1.54) is 17.0 Å². The summed E-state index contributed by atoms with van der Waals surface area (Å²) >= 11 is 5.72. The average molecular weight is 333 g/mol. The minimum atomic E-state index is -4.65. The number of aromatic nitrogens is 4. The van der Waals surface area contributed by atoms with Gasteiger partial charge in [-0.2, -0.15) is 13.2 Å². The van der Waals surface area contributed by atoms with Gasteiger partial charge in [-0.1, -0.05) is 11.6 Å². The van der Waals surface area contributed by atoms with E-state index in [0.717, 1.165) is 6.07 Å². The maximum Gasteiger partial charge on any atom is 0.433 e. The summed E-state index contributed by atoms with van der Waals surface area (Å²) in [6.07, 6.45) is -1.89. The molecule has 0 aliphatic heterocycles. The van der Waals surface area contributed by atoms with E-state index in [-0.39, 0.29) is 22.5 Å². The van der Waals surface area contributed by atoms with Crippen LogP contribution in [-0.2, 0) is 18.8 Å². The van der Waals surface area contributed by atoms with Crippen LogP contribution in [0.15, 0.2) is 18.5 Å². The number of rotatable bonds is 3. The quantitative estimate of drug-likeness (QED) is 0.877. The van der Waals surface area contributed by atoms with Gasteiger partial charge < -0.3 is 9.67 Å². The maximum atomic E-state index is 12.9. The van der Waals surface area contributed by atoms with Crippen molar-refractivity contribution in [3.63, 3.8) is 0 Å². The molecule has 2 aromatic heterocycles. The molecule has 0 aromatic carbocycles. The highest BCUT2D eigenvalue weighted by Gasteiger charge is 2.50. The highest BCUT2D eigenvalue weighted by atomic mass is 35.5. The van der Waals surface area contributed by atoms with Crippen molar-refractivity contribution in [1.82, 2.24) is 19.7 Å². The van der Waals surface area contributed by atoms with Crippen LogP contribution in [0.5, 0.6) is 0 Å².